The van der Waals surface area contributed by atoms with Crippen molar-refractivity contribution in [2.45, 2.75) is 6.61 Å². The first kappa shape index (κ1) is 6.53. The Kier molecular flexibility index (Phi) is 1.83. The molecule has 6 heteroatoms. The number of rotatable bonds is 2. The van der Waals surface area contributed by atoms with Crippen molar-refractivity contribution in [3.05, 3.63) is 12.2 Å². The molecule has 0 unspecified atom stereocenters. The number of nitrogens with two attached hydrogens (primary N) is 1. The van der Waals surface area contributed by atoms with Crippen molar-refractivity contribution in [2.75, 3.05) is 0 Å². The average Bonchev–Trinajstić information content (AvgIpc) is 2.34. The number of ether oxygens (including phenoxy) is 1. The van der Waals surface area contributed by atoms with Gasteiger partial charge in [0.05, 0.1) is 0 Å². The fourth-order valence-corrected chi connectivity index (χ4v) is 0.404. The smallest absolute Gasteiger partial charge is 0.404 e. The fraction of sp³-hybridized carbons (Fsp3) is 0.250. The minimum absolute atomic E-state index is 0.00579. The van der Waals surface area contributed by atoms with Gasteiger partial charge in [0.15, 0.2) is 12.4 Å². The van der Waals surface area contributed by atoms with Crippen molar-refractivity contribution in [3.63, 3.8) is 0 Å². The number of nitrogens with zero attached hydrogens (tertiary/aromatic N) is 2. The first-order chi connectivity index (χ1) is 4.79. The summed E-state index contributed by atoms with van der Waals surface area (Å²) < 4.78 is 4.37. The van der Waals surface area contributed by atoms with Crippen LogP contribution in [-0.2, 0) is 11.3 Å². The molecule has 1 aromatic heterocycles. The minimum atomic E-state index is -0.837. The van der Waals surface area contributed by atoms with Crippen molar-refractivity contribution in [3.8, 4) is 0 Å². The Hall–Kier alpha value is -1.59. The lowest BCUT2D eigenvalue weighted by Gasteiger charge is -1.94. The second-order valence-corrected chi connectivity index (χ2v) is 1.49. The molecule has 53 valence electrons. The van der Waals surface area contributed by atoms with Crippen LogP contribution in [0.1, 0.15) is 5.82 Å². The van der Waals surface area contributed by atoms with Gasteiger partial charge in [0.25, 0.3) is 0 Å². The Morgan fingerprint density at radius 2 is 2.70 bits per heavy atom. The molecule has 0 saturated heterocycles. The predicted octanol–water partition coefficient (Wildman–Crippen LogP) is -0.800. The number of aromatic nitrogens is 3. The van der Waals surface area contributed by atoms with Gasteiger partial charge in [-0.05, 0) is 0 Å². The number of nitrogens with one attached hydrogen (secondary N) is 1. The molecule has 0 atom stereocenters. The van der Waals surface area contributed by atoms with Crippen LogP contribution in [0.5, 0.6) is 0 Å². The van der Waals surface area contributed by atoms with Gasteiger partial charge in [-0.25, -0.2) is 9.78 Å². The summed E-state index contributed by atoms with van der Waals surface area (Å²) in [5, 5.41) is 5.85. The summed E-state index contributed by atoms with van der Waals surface area (Å²) in [4.78, 5) is 13.6. The third kappa shape index (κ3) is 1.73. The first-order valence-electron chi connectivity index (χ1n) is 2.48. The molecule has 6 nitrogen and oxygen atoms in total. The van der Waals surface area contributed by atoms with Crippen LogP contribution in [0.25, 0.3) is 0 Å². The summed E-state index contributed by atoms with van der Waals surface area (Å²) in [6, 6.07) is 0. The van der Waals surface area contributed by atoms with E-state index in [0.717, 1.165) is 0 Å². The van der Waals surface area contributed by atoms with E-state index in [0.29, 0.717) is 5.82 Å². The normalized spacial score (nSPS) is 9.20. The van der Waals surface area contributed by atoms with Gasteiger partial charge in [0.2, 0.25) is 6.33 Å². The van der Waals surface area contributed by atoms with Gasteiger partial charge in [0.1, 0.15) is 0 Å². The number of carbonyl (C=O) groups is 1. The van der Waals surface area contributed by atoms with Gasteiger partial charge in [-0.15, -0.1) is 5.10 Å². The van der Waals surface area contributed by atoms with Crippen LogP contribution >= 0.6 is 0 Å². The quantitative estimate of drug-likeness (QED) is 0.563. The number of hydrogen-bond donors (Lipinski definition) is 2. The SMILES string of the molecule is NC(=O)OCc1n[c]n[nH]1. The number of primary amides is 1. The zero-order valence-corrected chi connectivity index (χ0v) is 5.00. The third-order valence-corrected chi connectivity index (χ3v) is 0.771. The van der Waals surface area contributed by atoms with E-state index >= 15 is 0 Å². The van der Waals surface area contributed by atoms with E-state index in [1.54, 1.807) is 0 Å². The molecule has 3 N–H and O–H groups in total. The summed E-state index contributed by atoms with van der Waals surface area (Å²) in [6.45, 7) is 0.00579. The van der Waals surface area contributed by atoms with Gasteiger partial charge >= 0.3 is 6.09 Å². The highest BCUT2D eigenvalue weighted by Crippen LogP contribution is 1.87. The van der Waals surface area contributed by atoms with Crippen LogP contribution in [0.2, 0.25) is 0 Å². The van der Waals surface area contributed by atoms with Crippen molar-refractivity contribution in [1.82, 2.24) is 15.2 Å². The van der Waals surface area contributed by atoms with Crippen molar-refractivity contribution < 1.29 is 9.53 Å². The molecule has 0 spiro atoms. The van der Waals surface area contributed by atoms with Gasteiger partial charge < -0.3 is 10.5 Å². The molecular weight excluding hydrogens is 136 g/mol. The van der Waals surface area contributed by atoms with E-state index in [-0.39, 0.29) is 6.61 Å². The number of H-pyrrole nitrogens is 1. The number of hydrogen-bond acceptors (Lipinski definition) is 4. The molecule has 1 amide bonds. The van der Waals surface area contributed by atoms with E-state index < -0.39 is 6.09 Å². The lowest BCUT2D eigenvalue weighted by Crippen LogP contribution is -2.13. The van der Waals surface area contributed by atoms with E-state index in [9.17, 15) is 4.79 Å². The standard InChI is InChI=1S/C4H5N4O2/c5-4(9)10-1-3-6-2-7-8-3/h1H2,(H2,5,9)(H,6,7,8). The second kappa shape index (κ2) is 2.81. The van der Waals surface area contributed by atoms with Crippen molar-refractivity contribution >= 4 is 6.09 Å². The van der Waals surface area contributed by atoms with Gasteiger partial charge in [-0.2, -0.15) is 0 Å². The Morgan fingerprint density at radius 1 is 1.90 bits per heavy atom. The zero-order chi connectivity index (χ0) is 7.40. The average molecular weight is 141 g/mol. The zero-order valence-electron chi connectivity index (χ0n) is 5.00. The molecule has 1 radical (unpaired) electrons. The molecular formula is C4H5N4O2. The summed E-state index contributed by atoms with van der Waals surface area (Å²) in [7, 11) is 0. The Morgan fingerprint density at radius 3 is 3.20 bits per heavy atom. The largest absolute Gasteiger partial charge is 0.441 e. The molecule has 0 aliphatic heterocycles. The maximum atomic E-state index is 10.0. The lowest BCUT2D eigenvalue weighted by molar-refractivity contribution is 0.147. The summed E-state index contributed by atoms with van der Waals surface area (Å²) in [5.74, 6) is 0.416. The molecule has 1 rings (SSSR count). The van der Waals surface area contributed by atoms with Crippen LogP contribution in [-0.4, -0.2) is 21.3 Å². The van der Waals surface area contributed by atoms with Crippen molar-refractivity contribution in [2.24, 2.45) is 5.73 Å². The highest BCUT2D eigenvalue weighted by Gasteiger charge is 1.97. The topological polar surface area (TPSA) is 93.9 Å². The van der Waals surface area contributed by atoms with E-state index in [1.165, 1.54) is 0 Å². The van der Waals surface area contributed by atoms with Gasteiger partial charge in [0, 0.05) is 0 Å². The van der Waals surface area contributed by atoms with Crippen LogP contribution in [0.4, 0.5) is 4.79 Å². The van der Waals surface area contributed by atoms with Crippen LogP contribution in [0.15, 0.2) is 0 Å². The Bertz CT molecular complexity index is 207. The first-order valence-corrected chi connectivity index (χ1v) is 2.48. The molecule has 0 aliphatic carbocycles. The third-order valence-electron chi connectivity index (χ3n) is 0.771. The predicted molar refractivity (Wildman–Crippen MR) is 29.6 cm³/mol. The molecule has 0 aromatic carbocycles. The maximum absolute atomic E-state index is 10.0. The van der Waals surface area contributed by atoms with E-state index in [2.05, 4.69) is 32.0 Å². The maximum Gasteiger partial charge on any atom is 0.404 e. The van der Waals surface area contributed by atoms with E-state index in [1.807, 2.05) is 0 Å². The Labute approximate surface area is 56.4 Å². The molecule has 0 fully saturated rings. The van der Waals surface area contributed by atoms with E-state index in [4.69, 9.17) is 0 Å². The number of carbonyl (C=O) groups excluding carboxylic acids is 1. The highest BCUT2D eigenvalue weighted by atomic mass is 16.5. The number of aromatic amines is 1. The molecule has 0 bridgehead atoms. The van der Waals surface area contributed by atoms with Crippen molar-refractivity contribution in [1.29, 1.82) is 0 Å². The molecule has 0 aliphatic rings. The fourth-order valence-electron chi connectivity index (χ4n) is 0.404. The second-order valence-electron chi connectivity index (χ2n) is 1.49. The summed E-state index contributed by atoms with van der Waals surface area (Å²) in [5.41, 5.74) is 4.68. The minimum Gasteiger partial charge on any atom is -0.441 e. The summed E-state index contributed by atoms with van der Waals surface area (Å²) in [6.07, 6.45) is 1.43. The lowest BCUT2D eigenvalue weighted by atomic mass is 10.7. The molecule has 10 heavy (non-hydrogen) atoms. The monoisotopic (exact) mass is 141 g/mol. The van der Waals surface area contributed by atoms with Crippen LogP contribution in [0, 0.1) is 6.33 Å². The summed E-state index contributed by atoms with van der Waals surface area (Å²) >= 11 is 0. The highest BCUT2D eigenvalue weighted by molar-refractivity contribution is 5.64. The van der Waals surface area contributed by atoms with Gasteiger partial charge in [-0.3, -0.25) is 5.10 Å². The van der Waals surface area contributed by atoms with Crippen LogP contribution < -0.4 is 5.73 Å². The Balaban J connectivity index is 2.35. The van der Waals surface area contributed by atoms with Gasteiger partial charge in [-0.1, -0.05) is 0 Å². The molecule has 1 aromatic rings. The molecule has 0 saturated carbocycles. The van der Waals surface area contributed by atoms with Crippen LogP contribution in [0.3, 0.4) is 0 Å². The number of amides is 1. The molecule has 1 heterocycles.